The van der Waals surface area contributed by atoms with E-state index in [4.69, 9.17) is 0 Å². The molecule has 0 aliphatic carbocycles. The number of hydrogen-bond donors (Lipinski definition) is 1. The zero-order chi connectivity index (χ0) is 14.6. The number of likely N-dealkylation sites (N-methyl/N-ethyl adjacent to an activating group) is 1. The maximum Gasteiger partial charge on any atom is 0.329 e. The molecule has 1 N–H and O–H groups in total. The summed E-state index contributed by atoms with van der Waals surface area (Å²) in [6.07, 6.45) is 0.367. The van der Waals surface area contributed by atoms with Gasteiger partial charge in [0.25, 0.3) is 0 Å². The van der Waals surface area contributed by atoms with Gasteiger partial charge < -0.3 is 10.0 Å². The van der Waals surface area contributed by atoms with E-state index >= 15 is 0 Å². The van der Waals surface area contributed by atoms with E-state index in [-0.39, 0.29) is 11.8 Å². The molecule has 1 aromatic rings. The summed E-state index contributed by atoms with van der Waals surface area (Å²) in [6, 6.07) is 9.38. The van der Waals surface area contributed by atoms with Crippen molar-refractivity contribution in [2.75, 3.05) is 7.05 Å². The van der Waals surface area contributed by atoms with E-state index in [0.29, 0.717) is 6.42 Å². The van der Waals surface area contributed by atoms with Gasteiger partial charge in [0.15, 0.2) is 0 Å². The summed E-state index contributed by atoms with van der Waals surface area (Å²) >= 11 is 0. The summed E-state index contributed by atoms with van der Waals surface area (Å²) in [5.41, 5.74) is -0.275. The predicted molar refractivity (Wildman–Crippen MR) is 74.0 cm³/mol. The van der Waals surface area contributed by atoms with Gasteiger partial charge in [-0.3, -0.25) is 4.79 Å². The number of amides is 1. The van der Waals surface area contributed by atoms with Gasteiger partial charge in [-0.2, -0.15) is 0 Å². The molecule has 1 aromatic carbocycles. The van der Waals surface area contributed by atoms with Gasteiger partial charge in [-0.1, -0.05) is 37.3 Å². The highest BCUT2D eigenvalue weighted by Gasteiger charge is 2.39. The minimum Gasteiger partial charge on any atom is -0.480 e. The number of carboxylic acid groups (broad SMARTS) is 1. The number of carbonyl (C=O) groups excluding carboxylic acids is 1. The predicted octanol–water partition coefficient (Wildman–Crippen LogP) is 2.50. The Morgan fingerprint density at radius 3 is 2.26 bits per heavy atom. The molecule has 2 unspecified atom stereocenters. The highest BCUT2D eigenvalue weighted by molar-refractivity contribution is 5.89. The van der Waals surface area contributed by atoms with Gasteiger partial charge in [0.2, 0.25) is 5.91 Å². The Kier molecular flexibility index (Phi) is 4.70. The second-order valence-electron chi connectivity index (χ2n) is 4.96. The zero-order valence-electron chi connectivity index (χ0n) is 11.9. The summed E-state index contributed by atoms with van der Waals surface area (Å²) in [4.78, 5) is 25.1. The third-order valence-electron chi connectivity index (χ3n) is 3.89. The van der Waals surface area contributed by atoms with Crippen molar-refractivity contribution in [2.24, 2.45) is 0 Å². The van der Waals surface area contributed by atoms with Crippen LogP contribution in [-0.2, 0) is 9.59 Å². The number of nitrogens with zero attached hydrogens (tertiary/aromatic N) is 1. The average molecular weight is 263 g/mol. The molecule has 0 aliphatic heterocycles. The first kappa shape index (κ1) is 15.2. The van der Waals surface area contributed by atoms with E-state index in [0.717, 1.165) is 5.56 Å². The van der Waals surface area contributed by atoms with Crippen LogP contribution in [0.15, 0.2) is 30.3 Å². The van der Waals surface area contributed by atoms with Crippen LogP contribution < -0.4 is 0 Å². The van der Waals surface area contributed by atoms with Crippen molar-refractivity contribution in [1.29, 1.82) is 0 Å². The fourth-order valence-electron chi connectivity index (χ4n) is 1.95. The van der Waals surface area contributed by atoms with Gasteiger partial charge in [0.05, 0.1) is 5.92 Å². The quantitative estimate of drug-likeness (QED) is 0.888. The van der Waals surface area contributed by atoms with Crippen molar-refractivity contribution in [3.63, 3.8) is 0 Å². The first-order valence-electron chi connectivity index (χ1n) is 6.40. The van der Waals surface area contributed by atoms with Gasteiger partial charge in [-0.15, -0.1) is 0 Å². The van der Waals surface area contributed by atoms with E-state index < -0.39 is 11.5 Å². The van der Waals surface area contributed by atoms with E-state index in [1.165, 1.54) is 4.90 Å². The molecule has 0 saturated carbocycles. The molecule has 0 radical (unpaired) electrons. The Morgan fingerprint density at radius 1 is 1.32 bits per heavy atom. The van der Waals surface area contributed by atoms with Crippen LogP contribution in [0, 0.1) is 0 Å². The van der Waals surface area contributed by atoms with Crippen molar-refractivity contribution in [2.45, 2.75) is 38.6 Å². The van der Waals surface area contributed by atoms with Crippen LogP contribution in [0.1, 0.15) is 38.7 Å². The zero-order valence-corrected chi connectivity index (χ0v) is 11.9. The molecule has 0 saturated heterocycles. The molecule has 4 heteroatoms. The van der Waals surface area contributed by atoms with Gasteiger partial charge in [-0.25, -0.2) is 4.79 Å². The molecule has 104 valence electrons. The molecular formula is C15H21NO3. The third-order valence-corrected chi connectivity index (χ3v) is 3.89. The summed E-state index contributed by atoms with van der Waals surface area (Å²) in [6.45, 7) is 5.14. The molecule has 1 rings (SSSR count). The van der Waals surface area contributed by atoms with Crippen LogP contribution in [0.4, 0.5) is 0 Å². The molecule has 19 heavy (non-hydrogen) atoms. The Labute approximate surface area is 114 Å². The van der Waals surface area contributed by atoms with Crippen LogP contribution in [0.3, 0.4) is 0 Å². The maximum atomic E-state index is 12.4. The standard InChI is InChI=1S/C15H21NO3/c1-5-15(3,14(18)19)16(4)13(17)11(2)12-9-7-6-8-10-12/h6-11H,5H2,1-4H3,(H,18,19). The number of aliphatic carboxylic acids is 1. The third kappa shape index (κ3) is 2.95. The maximum absolute atomic E-state index is 12.4. The van der Waals surface area contributed by atoms with Crippen molar-refractivity contribution in [1.82, 2.24) is 4.90 Å². The smallest absolute Gasteiger partial charge is 0.329 e. The largest absolute Gasteiger partial charge is 0.480 e. The number of hydrogen-bond acceptors (Lipinski definition) is 2. The minimum atomic E-state index is -1.17. The fraction of sp³-hybridized carbons (Fsp3) is 0.467. The van der Waals surface area contributed by atoms with Gasteiger partial charge in [0, 0.05) is 7.05 Å². The summed E-state index contributed by atoms with van der Waals surface area (Å²) in [5.74, 6) is -1.51. The molecule has 0 aliphatic rings. The molecule has 2 atom stereocenters. The first-order chi connectivity index (χ1) is 8.84. The lowest BCUT2D eigenvalue weighted by atomic mass is 9.93. The summed E-state index contributed by atoms with van der Waals surface area (Å²) in [5, 5.41) is 9.31. The molecule has 1 amide bonds. The Bertz CT molecular complexity index is 458. The SMILES string of the molecule is CCC(C)(C(=O)O)N(C)C(=O)C(C)c1ccccc1. The number of rotatable bonds is 5. The van der Waals surface area contributed by atoms with Crippen molar-refractivity contribution < 1.29 is 14.7 Å². The minimum absolute atomic E-state index is 0.182. The lowest BCUT2D eigenvalue weighted by molar-refractivity contribution is -0.157. The molecule has 0 heterocycles. The van der Waals surface area contributed by atoms with Gasteiger partial charge in [0.1, 0.15) is 5.54 Å². The van der Waals surface area contributed by atoms with Crippen molar-refractivity contribution >= 4 is 11.9 Å². The summed E-state index contributed by atoms with van der Waals surface area (Å²) < 4.78 is 0. The van der Waals surface area contributed by atoms with E-state index in [1.807, 2.05) is 30.3 Å². The Morgan fingerprint density at radius 2 is 1.84 bits per heavy atom. The summed E-state index contributed by atoms with van der Waals surface area (Å²) in [7, 11) is 1.55. The van der Waals surface area contributed by atoms with Gasteiger partial charge >= 0.3 is 5.97 Å². The van der Waals surface area contributed by atoms with Crippen LogP contribution >= 0.6 is 0 Å². The normalized spacial score (nSPS) is 15.4. The molecule has 0 fully saturated rings. The first-order valence-corrected chi connectivity index (χ1v) is 6.40. The Hall–Kier alpha value is -1.84. The second kappa shape index (κ2) is 5.87. The topological polar surface area (TPSA) is 57.6 Å². The lowest BCUT2D eigenvalue weighted by Gasteiger charge is -2.36. The number of benzene rings is 1. The highest BCUT2D eigenvalue weighted by Crippen LogP contribution is 2.24. The van der Waals surface area contributed by atoms with Crippen LogP contribution in [0.2, 0.25) is 0 Å². The Balaban J connectivity index is 2.97. The van der Waals surface area contributed by atoms with Crippen LogP contribution in [-0.4, -0.2) is 34.5 Å². The molecule has 4 nitrogen and oxygen atoms in total. The van der Waals surface area contributed by atoms with Crippen molar-refractivity contribution in [3.05, 3.63) is 35.9 Å². The lowest BCUT2D eigenvalue weighted by Crippen LogP contribution is -2.53. The fourth-order valence-corrected chi connectivity index (χ4v) is 1.95. The van der Waals surface area contributed by atoms with Gasteiger partial charge in [-0.05, 0) is 25.8 Å². The average Bonchev–Trinajstić information content (AvgIpc) is 2.44. The molecule has 0 bridgehead atoms. The molecule has 0 spiro atoms. The second-order valence-corrected chi connectivity index (χ2v) is 4.96. The number of carbonyl (C=O) groups is 2. The van der Waals surface area contributed by atoms with E-state index in [1.54, 1.807) is 27.8 Å². The molecule has 0 aromatic heterocycles. The van der Waals surface area contributed by atoms with Crippen molar-refractivity contribution in [3.8, 4) is 0 Å². The highest BCUT2D eigenvalue weighted by atomic mass is 16.4. The monoisotopic (exact) mass is 263 g/mol. The molecular weight excluding hydrogens is 242 g/mol. The number of carboxylic acids is 1. The van der Waals surface area contributed by atoms with Crippen LogP contribution in [0.25, 0.3) is 0 Å². The van der Waals surface area contributed by atoms with E-state index in [9.17, 15) is 14.7 Å². The van der Waals surface area contributed by atoms with E-state index in [2.05, 4.69) is 0 Å². The van der Waals surface area contributed by atoms with Crippen LogP contribution in [0.5, 0.6) is 0 Å².